The number of hydrogen-bond donors (Lipinski definition) is 0. The number of nitrogens with zero attached hydrogens (tertiary/aromatic N) is 8. The molecule has 8 nitrogen and oxygen atoms in total. The third-order valence-electron chi connectivity index (χ3n) is 10.5. The number of likely N-dealkylation sites (N-methyl/N-ethyl adjacent to an activating group) is 6. The number of benzene rings is 3. The highest BCUT2D eigenvalue weighted by Crippen LogP contribution is 2.14. The largest absolute Gasteiger partial charge is 0.301 e. The molecule has 3 aliphatic heterocycles. The first-order valence-electron chi connectivity index (χ1n) is 19.0. The third kappa shape index (κ3) is 13.5. The van der Waals surface area contributed by atoms with Crippen LogP contribution in [0.5, 0.6) is 0 Å². The first-order valence-corrected chi connectivity index (χ1v) is 19.0. The molecule has 0 atom stereocenters. The van der Waals surface area contributed by atoms with Gasteiger partial charge in [0, 0.05) is 118 Å². The van der Waals surface area contributed by atoms with Crippen LogP contribution < -0.4 is 0 Å². The van der Waals surface area contributed by atoms with E-state index in [0.717, 1.165) is 118 Å². The van der Waals surface area contributed by atoms with Gasteiger partial charge in [-0.2, -0.15) is 0 Å². The summed E-state index contributed by atoms with van der Waals surface area (Å²) in [7, 11) is 13.7. The lowest BCUT2D eigenvalue weighted by atomic mass is 10.1. The molecular formula is C42H66N8. The van der Waals surface area contributed by atoms with Gasteiger partial charge in [-0.15, -0.1) is 0 Å². The second kappa shape index (κ2) is 19.8. The van der Waals surface area contributed by atoms with Crippen molar-refractivity contribution in [1.82, 2.24) is 39.2 Å². The van der Waals surface area contributed by atoms with Crippen molar-refractivity contribution < 1.29 is 0 Å². The van der Waals surface area contributed by atoms with Gasteiger partial charge in [-0.25, -0.2) is 0 Å². The average molecular weight is 683 g/mol. The zero-order valence-corrected chi connectivity index (χ0v) is 32.2. The fourth-order valence-corrected chi connectivity index (χ4v) is 7.37. The summed E-state index contributed by atoms with van der Waals surface area (Å²) < 4.78 is 0. The molecule has 0 saturated carbocycles. The molecule has 3 heterocycles. The first-order chi connectivity index (χ1) is 24.2. The minimum absolute atomic E-state index is 0.979. The summed E-state index contributed by atoms with van der Waals surface area (Å²) in [6.45, 7) is 18.6. The summed E-state index contributed by atoms with van der Waals surface area (Å²) in [5.74, 6) is 0. The summed E-state index contributed by atoms with van der Waals surface area (Å²) >= 11 is 0. The van der Waals surface area contributed by atoms with Gasteiger partial charge in [0.25, 0.3) is 0 Å². The van der Waals surface area contributed by atoms with Crippen molar-refractivity contribution in [3.8, 4) is 0 Å². The Balaban J connectivity index is 1.42. The highest BCUT2D eigenvalue weighted by Gasteiger charge is 2.15. The molecule has 3 aliphatic rings. The lowest BCUT2D eigenvalue weighted by Crippen LogP contribution is -2.41. The highest BCUT2D eigenvalue weighted by atomic mass is 15.2. The van der Waals surface area contributed by atoms with Gasteiger partial charge < -0.3 is 29.4 Å². The number of fused-ring (bicyclic) bond motifs is 18. The summed E-state index contributed by atoms with van der Waals surface area (Å²) in [5, 5.41) is 0. The van der Waals surface area contributed by atoms with E-state index >= 15 is 0 Å². The number of rotatable bonds is 0. The lowest BCUT2D eigenvalue weighted by molar-refractivity contribution is 0.172. The second-order valence-electron chi connectivity index (χ2n) is 15.6. The summed E-state index contributed by atoms with van der Waals surface area (Å²) in [5.41, 5.74) is 8.45. The number of hydrogen-bond acceptors (Lipinski definition) is 8. The maximum atomic E-state index is 2.69. The van der Waals surface area contributed by atoms with E-state index in [-0.39, 0.29) is 0 Å². The molecular weight excluding hydrogens is 617 g/mol. The van der Waals surface area contributed by atoms with E-state index in [9.17, 15) is 0 Å². The predicted octanol–water partition coefficient (Wildman–Crippen LogP) is 4.31. The minimum atomic E-state index is 0.979. The Bertz CT molecular complexity index is 1170. The first kappa shape index (κ1) is 38.6. The van der Waals surface area contributed by atoms with E-state index in [2.05, 4.69) is 154 Å². The predicted molar refractivity (Wildman–Crippen MR) is 210 cm³/mol. The summed E-state index contributed by atoms with van der Waals surface area (Å²) in [4.78, 5) is 20.4. The zero-order chi connectivity index (χ0) is 35.3. The van der Waals surface area contributed by atoms with Crippen LogP contribution in [0.1, 0.15) is 33.4 Å². The summed E-state index contributed by atoms with van der Waals surface area (Å²) in [6.07, 6.45) is 0. The van der Waals surface area contributed by atoms with Crippen LogP contribution in [-0.2, 0) is 39.3 Å². The van der Waals surface area contributed by atoms with E-state index in [1.807, 2.05) is 0 Å². The molecule has 0 amide bonds. The van der Waals surface area contributed by atoms with Crippen molar-refractivity contribution in [2.45, 2.75) is 39.3 Å². The topological polar surface area (TPSA) is 25.9 Å². The Hall–Kier alpha value is -2.66. The maximum absolute atomic E-state index is 2.69. The molecule has 8 bridgehead atoms. The maximum Gasteiger partial charge on any atom is 0.0231 e. The van der Waals surface area contributed by atoms with Crippen molar-refractivity contribution in [3.05, 3.63) is 106 Å². The quantitative estimate of drug-likeness (QED) is 0.347. The van der Waals surface area contributed by atoms with E-state index in [0.29, 0.717) is 0 Å². The second-order valence-corrected chi connectivity index (χ2v) is 15.6. The van der Waals surface area contributed by atoms with Crippen molar-refractivity contribution in [3.63, 3.8) is 0 Å². The van der Waals surface area contributed by atoms with E-state index < -0.39 is 0 Å². The molecule has 0 unspecified atom stereocenters. The van der Waals surface area contributed by atoms with Crippen molar-refractivity contribution in [2.75, 3.05) is 121 Å². The molecule has 0 radical (unpaired) electrons. The van der Waals surface area contributed by atoms with Gasteiger partial charge in [0.05, 0.1) is 0 Å². The van der Waals surface area contributed by atoms with Gasteiger partial charge in [-0.05, 0) is 75.7 Å². The zero-order valence-electron chi connectivity index (χ0n) is 32.2. The molecule has 274 valence electrons. The van der Waals surface area contributed by atoms with E-state index in [4.69, 9.17) is 0 Å². The van der Waals surface area contributed by atoms with E-state index in [1.165, 1.54) is 33.4 Å². The van der Waals surface area contributed by atoms with Crippen LogP contribution in [0.15, 0.2) is 72.8 Å². The minimum Gasteiger partial charge on any atom is -0.301 e. The van der Waals surface area contributed by atoms with Gasteiger partial charge in [0.1, 0.15) is 0 Å². The molecule has 0 fully saturated rings. The molecule has 0 N–H and O–H groups in total. The van der Waals surface area contributed by atoms with E-state index in [1.54, 1.807) is 0 Å². The smallest absolute Gasteiger partial charge is 0.0231 e. The van der Waals surface area contributed by atoms with Gasteiger partial charge in [0.2, 0.25) is 0 Å². The Kier molecular flexibility index (Phi) is 15.3. The molecule has 8 heteroatoms. The molecule has 3 aromatic carbocycles. The molecule has 0 spiro atoms. The van der Waals surface area contributed by atoms with Crippen LogP contribution in [0, 0.1) is 0 Å². The van der Waals surface area contributed by atoms with Gasteiger partial charge >= 0.3 is 0 Å². The fraction of sp³-hybridized carbons (Fsp3) is 0.571. The molecule has 6 rings (SSSR count). The lowest BCUT2D eigenvalue weighted by Gasteiger charge is -2.30. The van der Waals surface area contributed by atoms with Crippen LogP contribution in [0.2, 0.25) is 0 Å². The Morgan fingerprint density at radius 3 is 0.640 bits per heavy atom. The monoisotopic (exact) mass is 683 g/mol. The Morgan fingerprint density at radius 2 is 0.460 bits per heavy atom. The van der Waals surface area contributed by atoms with Gasteiger partial charge in [-0.1, -0.05) is 72.8 Å². The van der Waals surface area contributed by atoms with Crippen molar-refractivity contribution >= 4 is 0 Å². The van der Waals surface area contributed by atoms with Gasteiger partial charge in [0.15, 0.2) is 0 Å². The molecule has 0 saturated heterocycles. The average Bonchev–Trinajstić information content (AvgIpc) is 3.07. The third-order valence-corrected chi connectivity index (χ3v) is 10.5. The Labute approximate surface area is 304 Å². The van der Waals surface area contributed by atoms with Gasteiger partial charge in [-0.3, -0.25) is 9.80 Å². The van der Waals surface area contributed by atoms with Crippen LogP contribution in [0.4, 0.5) is 0 Å². The van der Waals surface area contributed by atoms with Crippen LogP contribution in [0.25, 0.3) is 0 Å². The van der Waals surface area contributed by atoms with Crippen LogP contribution in [0.3, 0.4) is 0 Å². The molecule has 0 aromatic heterocycles. The highest BCUT2D eigenvalue weighted by molar-refractivity contribution is 5.25. The Morgan fingerprint density at radius 1 is 0.280 bits per heavy atom. The summed E-state index contributed by atoms with van der Waals surface area (Å²) in [6, 6.07) is 27.8. The fourth-order valence-electron chi connectivity index (χ4n) is 7.37. The normalized spacial score (nSPS) is 23.9. The van der Waals surface area contributed by atoms with Crippen LogP contribution in [-0.4, -0.2) is 160 Å². The molecule has 50 heavy (non-hydrogen) atoms. The SMILES string of the molecule is CN1CCN2CCN(C)Cc3cccc(c3)CN(C)CCN(CCN(C)Cc3cccc(c3)C1)CCN(C)Cc1cccc(c1)CN(C)CC2. The van der Waals surface area contributed by atoms with Crippen molar-refractivity contribution in [2.24, 2.45) is 0 Å². The molecule has 0 aliphatic carbocycles. The van der Waals surface area contributed by atoms with Crippen molar-refractivity contribution in [1.29, 1.82) is 0 Å². The van der Waals surface area contributed by atoms with Crippen LogP contribution >= 0.6 is 0 Å². The molecule has 3 aromatic rings. The standard InChI is InChI=1S/C42H66N8/c1-43-16-22-49-23-17-44(2)33-39-12-8-14-41(29-39)35-47(5)20-26-50(25-19-46(4)32-38-11-7-10-37(28-38)31-43)27-21-48(6)36-42-15-9-13-40(30-42)34-45(3)18-24-49/h7-15,28-30H,16-27,31-36H2,1-6H3.